The lowest BCUT2D eigenvalue weighted by Crippen LogP contribution is -2.04. The van der Waals surface area contributed by atoms with E-state index in [1.165, 1.54) is 13.3 Å². The predicted molar refractivity (Wildman–Crippen MR) is 74.8 cm³/mol. The summed E-state index contributed by atoms with van der Waals surface area (Å²) in [5.41, 5.74) is 0.183. The Labute approximate surface area is 123 Å². The quantitative estimate of drug-likeness (QED) is 0.789. The number of hydrogen-bond donors (Lipinski definition) is 0. The Morgan fingerprint density at radius 2 is 2.11 bits per heavy atom. The van der Waals surface area contributed by atoms with Crippen molar-refractivity contribution in [3.05, 3.63) is 51.7 Å². The number of aromatic nitrogens is 1. The molecule has 0 fully saturated rings. The molecule has 98 valence electrons. The number of carbonyl (C=O) groups excluding carboxylic acids is 1. The molecule has 0 unspecified atom stereocenters. The molecule has 0 bridgehead atoms. The van der Waals surface area contributed by atoms with E-state index < -0.39 is 5.97 Å². The third-order valence-corrected chi connectivity index (χ3v) is 3.29. The van der Waals surface area contributed by atoms with E-state index in [4.69, 9.17) is 21.1 Å². The van der Waals surface area contributed by atoms with Crippen LogP contribution in [-0.4, -0.2) is 18.1 Å². The molecule has 2 aromatic rings. The van der Waals surface area contributed by atoms with Crippen molar-refractivity contribution in [3.63, 3.8) is 0 Å². The van der Waals surface area contributed by atoms with Crippen molar-refractivity contribution in [2.45, 2.75) is 0 Å². The van der Waals surface area contributed by atoms with E-state index in [9.17, 15) is 4.79 Å². The molecule has 19 heavy (non-hydrogen) atoms. The number of carbonyl (C=O) groups is 1. The Kier molecular flexibility index (Phi) is 4.39. The molecule has 0 aliphatic rings. The molecule has 0 N–H and O–H groups in total. The van der Waals surface area contributed by atoms with Gasteiger partial charge in [0, 0.05) is 6.20 Å². The number of ether oxygens (including phenoxy) is 2. The van der Waals surface area contributed by atoms with Crippen molar-refractivity contribution in [3.8, 4) is 11.5 Å². The monoisotopic (exact) mass is 341 g/mol. The highest BCUT2D eigenvalue weighted by molar-refractivity contribution is 9.10. The van der Waals surface area contributed by atoms with Crippen LogP contribution in [0, 0.1) is 0 Å². The maximum absolute atomic E-state index is 11.7. The zero-order valence-corrected chi connectivity index (χ0v) is 12.2. The van der Waals surface area contributed by atoms with E-state index in [0.717, 1.165) is 4.47 Å². The highest BCUT2D eigenvalue weighted by Gasteiger charge is 2.18. The molecule has 0 aliphatic heterocycles. The van der Waals surface area contributed by atoms with Crippen LogP contribution in [0.15, 0.2) is 41.1 Å². The Morgan fingerprint density at radius 3 is 2.79 bits per heavy atom. The van der Waals surface area contributed by atoms with Crippen molar-refractivity contribution in [2.75, 3.05) is 7.11 Å². The lowest BCUT2D eigenvalue weighted by atomic mass is 10.2. The zero-order chi connectivity index (χ0) is 13.8. The van der Waals surface area contributed by atoms with Gasteiger partial charge < -0.3 is 9.47 Å². The third kappa shape index (κ3) is 3.05. The second-order valence-corrected chi connectivity index (χ2v) is 4.77. The molecule has 1 heterocycles. The minimum Gasteiger partial charge on any atom is -0.465 e. The average molecular weight is 343 g/mol. The lowest BCUT2D eigenvalue weighted by Gasteiger charge is -2.11. The molecule has 0 amide bonds. The van der Waals surface area contributed by atoms with Gasteiger partial charge in [0.15, 0.2) is 5.75 Å². The van der Waals surface area contributed by atoms with Crippen LogP contribution < -0.4 is 4.74 Å². The molecule has 0 saturated heterocycles. The molecule has 2 rings (SSSR count). The van der Waals surface area contributed by atoms with Gasteiger partial charge in [-0.3, -0.25) is 4.98 Å². The van der Waals surface area contributed by atoms with Crippen LogP contribution >= 0.6 is 27.5 Å². The first-order chi connectivity index (χ1) is 9.13. The van der Waals surface area contributed by atoms with Gasteiger partial charge in [-0.05, 0) is 34.1 Å². The highest BCUT2D eigenvalue weighted by atomic mass is 79.9. The van der Waals surface area contributed by atoms with Crippen molar-refractivity contribution < 1.29 is 14.3 Å². The maximum Gasteiger partial charge on any atom is 0.343 e. The summed E-state index contributed by atoms with van der Waals surface area (Å²) in [6, 6.07) is 6.66. The number of nitrogens with zero attached hydrogens (tertiary/aromatic N) is 1. The van der Waals surface area contributed by atoms with Gasteiger partial charge in [0.25, 0.3) is 0 Å². The first-order valence-corrected chi connectivity index (χ1v) is 6.44. The highest BCUT2D eigenvalue weighted by Crippen LogP contribution is 2.33. The molecular weight excluding hydrogens is 334 g/mol. The summed E-state index contributed by atoms with van der Waals surface area (Å²) in [5, 5.41) is 0.268. The Bertz CT molecular complexity index is 619. The SMILES string of the molecule is COC(=O)c1c(Cl)cccc1Oc1cnccc1Br. The van der Waals surface area contributed by atoms with Gasteiger partial charge in [-0.1, -0.05) is 17.7 Å². The van der Waals surface area contributed by atoms with Crippen LogP contribution in [0.25, 0.3) is 0 Å². The summed E-state index contributed by atoms with van der Waals surface area (Å²) in [4.78, 5) is 15.7. The third-order valence-electron chi connectivity index (χ3n) is 2.32. The van der Waals surface area contributed by atoms with Crippen LogP contribution in [-0.2, 0) is 4.74 Å². The molecule has 1 aromatic carbocycles. The van der Waals surface area contributed by atoms with Crippen molar-refractivity contribution in [1.82, 2.24) is 4.98 Å². The van der Waals surface area contributed by atoms with Crippen LogP contribution in [0.5, 0.6) is 11.5 Å². The molecular formula is C13H9BrClNO3. The first kappa shape index (κ1) is 13.8. The minimum atomic E-state index is -0.555. The Morgan fingerprint density at radius 1 is 1.32 bits per heavy atom. The van der Waals surface area contributed by atoms with Gasteiger partial charge in [-0.15, -0.1) is 0 Å². The van der Waals surface area contributed by atoms with Crippen molar-refractivity contribution >= 4 is 33.5 Å². The van der Waals surface area contributed by atoms with E-state index in [-0.39, 0.29) is 10.6 Å². The summed E-state index contributed by atoms with van der Waals surface area (Å²) >= 11 is 9.34. The molecule has 0 radical (unpaired) electrons. The second-order valence-electron chi connectivity index (χ2n) is 3.51. The molecule has 0 spiro atoms. The maximum atomic E-state index is 11.7. The normalized spacial score (nSPS) is 10.1. The molecule has 1 aromatic heterocycles. The smallest absolute Gasteiger partial charge is 0.343 e. The van der Waals surface area contributed by atoms with Crippen molar-refractivity contribution in [2.24, 2.45) is 0 Å². The largest absolute Gasteiger partial charge is 0.465 e. The Balaban J connectivity index is 2.43. The molecule has 6 heteroatoms. The first-order valence-electron chi connectivity index (χ1n) is 5.27. The van der Waals surface area contributed by atoms with Crippen LogP contribution in [0.1, 0.15) is 10.4 Å². The van der Waals surface area contributed by atoms with Crippen molar-refractivity contribution in [1.29, 1.82) is 0 Å². The van der Waals surface area contributed by atoms with E-state index in [1.807, 2.05) is 0 Å². The van der Waals surface area contributed by atoms with E-state index in [2.05, 4.69) is 20.9 Å². The molecule has 0 aliphatic carbocycles. The van der Waals surface area contributed by atoms with E-state index >= 15 is 0 Å². The van der Waals surface area contributed by atoms with Gasteiger partial charge in [0.1, 0.15) is 11.3 Å². The van der Waals surface area contributed by atoms with Gasteiger partial charge >= 0.3 is 5.97 Å². The summed E-state index contributed by atoms with van der Waals surface area (Å²) in [7, 11) is 1.29. The number of methoxy groups -OCH3 is 1. The molecule has 0 atom stereocenters. The fourth-order valence-corrected chi connectivity index (χ4v) is 1.99. The average Bonchev–Trinajstić information content (AvgIpc) is 2.41. The van der Waals surface area contributed by atoms with Gasteiger partial charge in [0.2, 0.25) is 0 Å². The number of esters is 1. The Hall–Kier alpha value is -1.59. The van der Waals surface area contributed by atoms with E-state index in [1.54, 1.807) is 30.5 Å². The topological polar surface area (TPSA) is 48.4 Å². The molecule has 4 nitrogen and oxygen atoms in total. The van der Waals surface area contributed by atoms with Gasteiger partial charge in [0.05, 0.1) is 22.8 Å². The number of rotatable bonds is 3. The standard InChI is InChI=1S/C13H9BrClNO3/c1-18-13(17)12-9(15)3-2-4-10(12)19-11-7-16-6-5-8(11)14/h2-7H,1H3. The van der Waals surface area contributed by atoms with Crippen LogP contribution in [0.2, 0.25) is 5.02 Å². The minimum absolute atomic E-state index is 0.183. The van der Waals surface area contributed by atoms with Gasteiger partial charge in [-0.2, -0.15) is 0 Å². The van der Waals surface area contributed by atoms with E-state index in [0.29, 0.717) is 11.5 Å². The van der Waals surface area contributed by atoms with Crippen LogP contribution in [0.3, 0.4) is 0 Å². The predicted octanol–water partition coefficient (Wildman–Crippen LogP) is 4.08. The summed E-state index contributed by atoms with van der Waals surface area (Å²) < 4.78 is 11.1. The second kappa shape index (κ2) is 6.04. The lowest BCUT2D eigenvalue weighted by molar-refractivity contribution is 0.0598. The number of halogens is 2. The summed E-state index contributed by atoms with van der Waals surface area (Å²) in [5.74, 6) is 0.239. The zero-order valence-electron chi connectivity index (χ0n) is 9.89. The van der Waals surface area contributed by atoms with Crippen LogP contribution in [0.4, 0.5) is 0 Å². The fourth-order valence-electron chi connectivity index (χ4n) is 1.45. The summed E-state index contributed by atoms with van der Waals surface area (Å²) in [6.07, 6.45) is 3.15. The van der Waals surface area contributed by atoms with Gasteiger partial charge in [-0.25, -0.2) is 4.79 Å². The number of hydrogen-bond acceptors (Lipinski definition) is 4. The number of benzene rings is 1. The summed E-state index contributed by atoms with van der Waals surface area (Å²) in [6.45, 7) is 0. The molecule has 0 saturated carbocycles. The number of pyridine rings is 1. The fraction of sp³-hybridized carbons (Fsp3) is 0.0769.